The Morgan fingerprint density at radius 3 is 2.76 bits per heavy atom. The van der Waals surface area contributed by atoms with Crippen LogP contribution in [0.2, 0.25) is 5.02 Å². The number of halogens is 1. The van der Waals surface area contributed by atoms with Crippen LogP contribution in [0.25, 0.3) is 11.0 Å². The summed E-state index contributed by atoms with van der Waals surface area (Å²) in [5.74, 6) is -0.617. The van der Waals surface area contributed by atoms with Gasteiger partial charge < -0.3 is 20.9 Å². The lowest BCUT2D eigenvalue weighted by Crippen LogP contribution is -2.47. The number of aromatic nitrogens is 2. The molecule has 1 aromatic carbocycles. The number of likely N-dealkylation sites (N-methyl/N-ethyl adjacent to an activating group) is 1. The van der Waals surface area contributed by atoms with Crippen LogP contribution >= 0.6 is 11.6 Å². The maximum absolute atomic E-state index is 12.6. The number of carbonyl (C=O) groups is 3. The summed E-state index contributed by atoms with van der Waals surface area (Å²) in [5.41, 5.74) is 6.64. The van der Waals surface area contributed by atoms with Crippen molar-refractivity contribution in [3.8, 4) is 0 Å². The zero-order valence-electron chi connectivity index (χ0n) is 14.0. The summed E-state index contributed by atoms with van der Waals surface area (Å²) in [6, 6.07) is 4.46. The number of hydrogen-bond acceptors (Lipinski definition) is 4. The molecule has 0 bridgehead atoms. The minimum absolute atomic E-state index is 0.00760. The molecule has 2 aromatic rings. The largest absolute Gasteiger partial charge is 0.370 e. The first-order valence-electron chi connectivity index (χ1n) is 7.71. The van der Waals surface area contributed by atoms with Gasteiger partial charge in [0.25, 0.3) is 0 Å². The molecule has 4 N–H and O–H groups in total. The van der Waals surface area contributed by atoms with Crippen LogP contribution in [0.1, 0.15) is 25.6 Å². The maximum atomic E-state index is 12.6. The Hall–Kier alpha value is -2.61. The third kappa shape index (κ3) is 5.18. The fourth-order valence-electron chi connectivity index (χ4n) is 2.47. The van der Waals surface area contributed by atoms with Crippen molar-refractivity contribution in [2.45, 2.75) is 32.4 Å². The van der Waals surface area contributed by atoms with Crippen molar-refractivity contribution in [2.24, 2.45) is 5.73 Å². The van der Waals surface area contributed by atoms with Gasteiger partial charge in [0.2, 0.25) is 17.7 Å². The highest BCUT2D eigenvalue weighted by Gasteiger charge is 2.24. The van der Waals surface area contributed by atoms with Crippen molar-refractivity contribution >= 4 is 40.4 Å². The van der Waals surface area contributed by atoms with E-state index in [2.05, 4.69) is 15.3 Å². The van der Waals surface area contributed by atoms with E-state index in [4.69, 9.17) is 17.3 Å². The summed E-state index contributed by atoms with van der Waals surface area (Å²) < 4.78 is 0. The molecular formula is C16H20ClN5O3. The van der Waals surface area contributed by atoms with E-state index in [1.165, 1.54) is 11.8 Å². The van der Waals surface area contributed by atoms with Gasteiger partial charge in [-0.3, -0.25) is 14.4 Å². The summed E-state index contributed by atoms with van der Waals surface area (Å²) in [6.07, 6.45) is 0.154. The Bertz CT molecular complexity index is 804. The van der Waals surface area contributed by atoms with E-state index < -0.39 is 11.9 Å². The number of nitrogens with one attached hydrogen (secondary N) is 2. The van der Waals surface area contributed by atoms with E-state index in [1.807, 2.05) is 0 Å². The third-order valence-corrected chi connectivity index (χ3v) is 3.85. The second-order valence-corrected chi connectivity index (χ2v) is 6.23. The molecule has 0 aliphatic carbocycles. The normalized spacial score (nSPS) is 12.0. The highest BCUT2D eigenvalue weighted by Crippen LogP contribution is 2.17. The number of amides is 3. The summed E-state index contributed by atoms with van der Waals surface area (Å²) in [4.78, 5) is 43.8. The molecule has 8 nitrogen and oxygen atoms in total. The maximum Gasteiger partial charge on any atom is 0.245 e. The predicted octanol–water partition coefficient (Wildman–Crippen LogP) is 0.945. The minimum Gasteiger partial charge on any atom is -0.370 e. The van der Waals surface area contributed by atoms with Crippen molar-refractivity contribution < 1.29 is 14.4 Å². The van der Waals surface area contributed by atoms with E-state index in [-0.39, 0.29) is 31.2 Å². The molecule has 134 valence electrons. The summed E-state index contributed by atoms with van der Waals surface area (Å²) in [5, 5.41) is 3.14. The number of hydrogen-bond donors (Lipinski definition) is 3. The standard InChI is InChI=1S/C16H20ClN5O3/c1-9(23)19-12(5-6-14(18)24)16(25)22(2)8-15-20-11-4-3-10(17)7-13(11)21-15/h3-4,7,12H,5-6,8H2,1-2H3,(H2,18,24)(H,19,23)(H,20,21)/t12-/m0/s1. The van der Waals surface area contributed by atoms with Gasteiger partial charge in [-0.05, 0) is 24.6 Å². The van der Waals surface area contributed by atoms with Crippen molar-refractivity contribution in [2.75, 3.05) is 7.05 Å². The van der Waals surface area contributed by atoms with Crippen LogP contribution in [0.15, 0.2) is 18.2 Å². The molecule has 1 atom stereocenters. The molecule has 2 rings (SSSR count). The zero-order chi connectivity index (χ0) is 18.6. The highest BCUT2D eigenvalue weighted by atomic mass is 35.5. The zero-order valence-corrected chi connectivity index (χ0v) is 14.8. The van der Waals surface area contributed by atoms with Gasteiger partial charge in [-0.15, -0.1) is 0 Å². The molecule has 9 heteroatoms. The lowest BCUT2D eigenvalue weighted by Gasteiger charge is -2.23. The van der Waals surface area contributed by atoms with Crippen LogP contribution in [0.3, 0.4) is 0 Å². The number of nitrogens with zero attached hydrogens (tertiary/aromatic N) is 2. The molecule has 0 aliphatic rings. The number of rotatable bonds is 7. The van der Waals surface area contributed by atoms with Gasteiger partial charge in [0.1, 0.15) is 11.9 Å². The molecule has 0 unspecified atom stereocenters. The molecule has 25 heavy (non-hydrogen) atoms. The average molecular weight is 366 g/mol. The molecule has 1 heterocycles. The first kappa shape index (κ1) is 18.7. The average Bonchev–Trinajstić information content (AvgIpc) is 2.91. The fourth-order valence-corrected chi connectivity index (χ4v) is 2.64. The summed E-state index contributed by atoms with van der Waals surface area (Å²) >= 11 is 5.94. The lowest BCUT2D eigenvalue weighted by atomic mass is 10.1. The van der Waals surface area contributed by atoms with E-state index in [0.29, 0.717) is 10.8 Å². The number of nitrogens with two attached hydrogens (primary N) is 1. The van der Waals surface area contributed by atoms with Crippen LogP contribution in [-0.2, 0) is 20.9 Å². The van der Waals surface area contributed by atoms with Crippen molar-refractivity contribution in [3.63, 3.8) is 0 Å². The molecule has 0 fully saturated rings. The highest BCUT2D eigenvalue weighted by molar-refractivity contribution is 6.31. The summed E-state index contributed by atoms with van der Waals surface area (Å²) in [7, 11) is 1.60. The van der Waals surface area contributed by atoms with Gasteiger partial charge in [0.15, 0.2) is 0 Å². The number of benzene rings is 1. The van der Waals surface area contributed by atoms with E-state index in [9.17, 15) is 14.4 Å². The number of H-pyrrole nitrogens is 1. The second-order valence-electron chi connectivity index (χ2n) is 5.80. The number of primary amides is 1. The first-order chi connectivity index (χ1) is 11.8. The van der Waals surface area contributed by atoms with Crippen molar-refractivity contribution in [3.05, 3.63) is 29.0 Å². The number of carbonyl (C=O) groups excluding carboxylic acids is 3. The topological polar surface area (TPSA) is 121 Å². The molecule has 3 amide bonds. The van der Waals surface area contributed by atoms with Crippen LogP contribution < -0.4 is 11.1 Å². The van der Waals surface area contributed by atoms with Crippen molar-refractivity contribution in [1.82, 2.24) is 20.2 Å². The molecule has 0 spiro atoms. The number of aromatic amines is 1. The summed E-state index contributed by atoms with van der Waals surface area (Å²) in [6.45, 7) is 1.53. The van der Waals surface area contributed by atoms with Crippen LogP contribution in [-0.4, -0.2) is 45.7 Å². The number of imidazole rings is 1. The van der Waals surface area contributed by atoms with E-state index in [1.54, 1.807) is 25.2 Å². The monoisotopic (exact) mass is 365 g/mol. The molecule has 0 aliphatic heterocycles. The second kappa shape index (κ2) is 7.98. The van der Waals surface area contributed by atoms with E-state index >= 15 is 0 Å². The fraction of sp³-hybridized carbons (Fsp3) is 0.375. The predicted molar refractivity (Wildman–Crippen MR) is 93.6 cm³/mol. The smallest absolute Gasteiger partial charge is 0.245 e. The van der Waals surface area contributed by atoms with Gasteiger partial charge in [-0.2, -0.15) is 0 Å². The SMILES string of the molecule is CC(=O)N[C@@H](CCC(N)=O)C(=O)N(C)Cc1nc2ccc(Cl)cc2[nH]1. The van der Waals surface area contributed by atoms with Crippen LogP contribution in [0.5, 0.6) is 0 Å². The van der Waals surface area contributed by atoms with Gasteiger partial charge in [0, 0.05) is 25.4 Å². The first-order valence-corrected chi connectivity index (χ1v) is 8.08. The Kier molecular flexibility index (Phi) is 5.97. The third-order valence-electron chi connectivity index (χ3n) is 3.61. The molecule has 0 radical (unpaired) electrons. The molecule has 1 aromatic heterocycles. The van der Waals surface area contributed by atoms with Crippen LogP contribution in [0, 0.1) is 0 Å². The van der Waals surface area contributed by atoms with E-state index in [0.717, 1.165) is 11.0 Å². The van der Waals surface area contributed by atoms with Gasteiger partial charge in [-0.1, -0.05) is 11.6 Å². The Balaban J connectivity index is 2.09. The van der Waals surface area contributed by atoms with Gasteiger partial charge in [0.05, 0.1) is 17.6 Å². The van der Waals surface area contributed by atoms with Crippen molar-refractivity contribution in [1.29, 1.82) is 0 Å². The van der Waals surface area contributed by atoms with Crippen LogP contribution in [0.4, 0.5) is 0 Å². The molecule has 0 saturated heterocycles. The molecular weight excluding hydrogens is 346 g/mol. The molecule has 0 saturated carbocycles. The minimum atomic E-state index is -0.811. The Morgan fingerprint density at radius 1 is 1.40 bits per heavy atom. The lowest BCUT2D eigenvalue weighted by molar-refractivity contribution is -0.135. The quantitative estimate of drug-likeness (QED) is 0.676. The Labute approximate surface area is 149 Å². The van der Waals surface area contributed by atoms with Gasteiger partial charge >= 0.3 is 0 Å². The van der Waals surface area contributed by atoms with Gasteiger partial charge in [-0.25, -0.2) is 4.98 Å². The number of fused-ring (bicyclic) bond motifs is 1. The Morgan fingerprint density at radius 2 is 2.12 bits per heavy atom.